The molecule has 0 aliphatic carbocycles. The van der Waals surface area contributed by atoms with Crippen molar-refractivity contribution in [1.29, 1.82) is 0 Å². The molecule has 1 N–H and O–H groups in total. The summed E-state index contributed by atoms with van der Waals surface area (Å²) in [6.07, 6.45) is 0. The van der Waals surface area contributed by atoms with Crippen molar-refractivity contribution in [1.82, 2.24) is 4.98 Å². The van der Waals surface area contributed by atoms with Gasteiger partial charge in [-0.05, 0) is 6.07 Å². The van der Waals surface area contributed by atoms with E-state index in [9.17, 15) is 23.7 Å². The van der Waals surface area contributed by atoms with E-state index < -0.39 is 22.7 Å². The van der Waals surface area contributed by atoms with Gasteiger partial charge in [0, 0.05) is 35.5 Å². The first-order valence-electron chi connectivity index (χ1n) is 5.34. The lowest BCUT2D eigenvalue weighted by atomic mass is 10.2. The third-order valence-corrected chi connectivity index (χ3v) is 2.34. The lowest BCUT2D eigenvalue weighted by Gasteiger charge is -2.05. The highest BCUT2D eigenvalue weighted by Gasteiger charge is 2.12. The maximum Gasteiger partial charge on any atom is 0.271 e. The van der Waals surface area contributed by atoms with Crippen molar-refractivity contribution in [2.75, 3.05) is 5.32 Å². The summed E-state index contributed by atoms with van der Waals surface area (Å²) in [5.41, 5.74) is -0.349. The first kappa shape index (κ1) is 13.5. The van der Waals surface area contributed by atoms with Crippen molar-refractivity contribution in [2.45, 2.75) is 0 Å². The summed E-state index contributed by atoms with van der Waals surface area (Å²) in [5.74, 6) is -3.06. The van der Waals surface area contributed by atoms with E-state index in [2.05, 4.69) is 10.3 Å². The number of nitro benzene ring substituents is 1. The van der Waals surface area contributed by atoms with Gasteiger partial charge in [0.1, 0.15) is 0 Å². The molecule has 8 heteroatoms. The summed E-state index contributed by atoms with van der Waals surface area (Å²) < 4.78 is 25.8. The molecule has 0 unspecified atom stereocenters. The number of nitrogens with one attached hydrogen (secondary N) is 1. The molecular weight excluding hydrogens is 272 g/mol. The van der Waals surface area contributed by atoms with Crippen molar-refractivity contribution >= 4 is 17.3 Å². The second kappa shape index (κ2) is 5.39. The number of hydrogen-bond acceptors (Lipinski definition) is 4. The topological polar surface area (TPSA) is 85.1 Å². The van der Waals surface area contributed by atoms with Gasteiger partial charge in [-0.15, -0.1) is 0 Å². The minimum Gasteiger partial charge on any atom is -0.322 e. The third kappa shape index (κ3) is 3.10. The van der Waals surface area contributed by atoms with Crippen LogP contribution in [0.1, 0.15) is 10.4 Å². The zero-order chi connectivity index (χ0) is 14.7. The molecule has 6 nitrogen and oxygen atoms in total. The molecule has 1 aromatic heterocycles. The van der Waals surface area contributed by atoms with Crippen LogP contribution < -0.4 is 5.32 Å². The summed E-state index contributed by atoms with van der Waals surface area (Å²) >= 11 is 0. The maximum atomic E-state index is 12.9. The average molecular weight is 279 g/mol. The van der Waals surface area contributed by atoms with Crippen molar-refractivity contribution in [3.8, 4) is 0 Å². The van der Waals surface area contributed by atoms with Gasteiger partial charge in [0.25, 0.3) is 11.6 Å². The van der Waals surface area contributed by atoms with E-state index >= 15 is 0 Å². The fraction of sp³-hybridized carbons (Fsp3) is 0. The number of halogens is 2. The molecule has 0 atom stereocenters. The van der Waals surface area contributed by atoms with Crippen LogP contribution in [0.25, 0.3) is 0 Å². The summed E-state index contributed by atoms with van der Waals surface area (Å²) in [4.78, 5) is 24.6. The number of carbonyl (C=O) groups is 1. The van der Waals surface area contributed by atoms with E-state index in [1.165, 1.54) is 18.2 Å². The van der Waals surface area contributed by atoms with Gasteiger partial charge in [-0.2, -0.15) is 13.8 Å². The van der Waals surface area contributed by atoms with Crippen LogP contribution in [0.2, 0.25) is 0 Å². The molecule has 20 heavy (non-hydrogen) atoms. The Bertz CT molecular complexity index is 671. The van der Waals surface area contributed by atoms with Crippen LogP contribution in [0.3, 0.4) is 0 Å². The number of nitrogens with zero attached hydrogens (tertiary/aromatic N) is 2. The third-order valence-electron chi connectivity index (χ3n) is 2.34. The summed E-state index contributed by atoms with van der Waals surface area (Å²) in [6, 6.07) is 6.69. The Morgan fingerprint density at radius 2 is 1.85 bits per heavy atom. The van der Waals surface area contributed by atoms with Gasteiger partial charge in [0.15, 0.2) is 0 Å². The number of anilines is 1. The molecule has 0 aliphatic rings. The van der Waals surface area contributed by atoms with Gasteiger partial charge in [0.2, 0.25) is 11.9 Å². The number of non-ortho nitro benzene ring substituents is 1. The van der Waals surface area contributed by atoms with E-state index in [0.717, 1.165) is 18.2 Å². The molecule has 0 saturated carbocycles. The zero-order valence-corrected chi connectivity index (χ0v) is 9.84. The number of nitro groups is 1. The molecule has 2 aromatic rings. The Hall–Kier alpha value is -2.90. The second-order valence-electron chi connectivity index (χ2n) is 3.76. The van der Waals surface area contributed by atoms with Crippen molar-refractivity contribution in [3.05, 3.63) is 64.0 Å². The lowest BCUT2D eigenvalue weighted by Crippen LogP contribution is -2.13. The molecule has 0 spiro atoms. The number of carbonyl (C=O) groups excluding carboxylic acids is 1. The number of amides is 1. The number of benzene rings is 1. The van der Waals surface area contributed by atoms with Gasteiger partial charge < -0.3 is 5.32 Å². The Kier molecular flexibility index (Phi) is 3.65. The standard InChI is InChI=1S/C12H7F2N3O3/c13-10-4-7(5-11(14)16-10)12(18)15-8-2-1-3-9(6-8)17(19)20/h1-6H,(H,15,18). The quantitative estimate of drug-likeness (QED) is 0.531. The summed E-state index contributed by atoms with van der Waals surface area (Å²) in [7, 11) is 0. The Morgan fingerprint density at radius 1 is 1.20 bits per heavy atom. The molecule has 2 rings (SSSR count). The van der Waals surface area contributed by atoms with Crippen LogP contribution in [0.5, 0.6) is 0 Å². The molecule has 0 bridgehead atoms. The van der Waals surface area contributed by atoms with Gasteiger partial charge in [0.05, 0.1) is 4.92 Å². The second-order valence-corrected chi connectivity index (χ2v) is 3.76. The predicted octanol–water partition coefficient (Wildman–Crippen LogP) is 2.52. The highest BCUT2D eigenvalue weighted by atomic mass is 19.1. The van der Waals surface area contributed by atoms with Gasteiger partial charge in [-0.25, -0.2) is 0 Å². The average Bonchev–Trinajstić information content (AvgIpc) is 2.37. The molecule has 1 aromatic carbocycles. The zero-order valence-electron chi connectivity index (χ0n) is 9.84. The number of hydrogen-bond donors (Lipinski definition) is 1. The minimum atomic E-state index is -1.13. The highest BCUT2D eigenvalue weighted by Crippen LogP contribution is 2.18. The number of aromatic nitrogens is 1. The maximum absolute atomic E-state index is 12.9. The normalized spacial score (nSPS) is 10.1. The fourth-order valence-corrected chi connectivity index (χ4v) is 1.50. The highest BCUT2D eigenvalue weighted by molar-refractivity contribution is 6.04. The lowest BCUT2D eigenvalue weighted by molar-refractivity contribution is -0.384. The number of rotatable bonds is 3. The van der Waals surface area contributed by atoms with Crippen LogP contribution in [0.4, 0.5) is 20.2 Å². The van der Waals surface area contributed by atoms with E-state index in [-0.39, 0.29) is 16.9 Å². The van der Waals surface area contributed by atoms with Gasteiger partial charge in [-0.1, -0.05) is 6.07 Å². The monoisotopic (exact) mass is 279 g/mol. The van der Waals surface area contributed by atoms with E-state index in [0.29, 0.717) is 0 Å². The Morgan fingerprint density at radius 3 is 2.45 bits per heavy atom. The molecule has 0 saturated heterocycles. The number of pyridine rings is 1. The Labute approximate surface area is 111 Å². The molecule has 0 fully saturated rings. The summed E-state index contributed by atoms with van der Waals surface area (Å²) in [6.45, 7) is 0. The van der Waals surface area contributed by atoms with Crippen LogP contribution in [-0.4, -0.2) is 15.8 Å². The minimum absolute atomic E-state index is 0.141. The van der Waals surface area contributed by atoms with E-state index in [4.69, 9.17) is 0 Å². The first-order valence-corrected chi connectivity index (χ1v) is 5.34. The van der Waals surface area contributed by atoms with Crippen LogP contribution >= 0.6 is 0 Å². The Balaban J connectivity index is 2.23. The SMILES string of the molecule is O=C(Nc1cccc([N+](=O)[O-])c1)c1cc(F)nc(F)c1. The smallest absolute Gasteiger partial charge is 0.271 e. The predicted molar refractivity (Wildman–Crippen MR) is 65.2 cm³/mol. The van der Waals surface area contributed by atoms with Crippen molar-refractivity contribution < 1.29 is 18.5 Å². The fourth-order valence-electron chi connectivity index (χ4n) is 1.50. The molecule has 1 amide bonds. The van der Waals surface area contributed by atoms with E-state index in [1.807, 2.05) is 0 Å². The molecular formula is C12H7F2N3O3. The first-order chi connectivity index (χ1) is 9.45. The molecule has 1 heterocycles. The largest absolute Gasteiger partial charge is 0.322 e. The molecule has 102 valence electrons. The van der Waals surface area contributed by atoms with Crippen LogP contribution in [-0.2, 0) is 0 Å². The molecule has 0 aliphatic heterocycles. The van der Waals surface area contributed by atoms with Crippen molar-refractivity contribution in [2.24, 2.45) is 0 Å². The molecule has 0 radical (unpaired) electrons. The van der Waals surface area contributed by atoms with Gasteiger partial charge >= 0.3 is 0 Å². The van der Waals surface area contributed by atoms with Crippen molar-refractivity contribution in [3.63, 3.8) is 0 Å². The summed E-state index contributed by atoms with van der Waals surface area (Å²) in [5, 5.41) is 12.9. The van der Waals surface area contributed by atoms with Crippen LogP contribution in [0.15, 0.2) is 36.4 Å². The van der Waals surface area contributed by atoms with E-state index in [1.54, 1.807) is 0 Å². The van der Waals surface area contributed by atoms with Gasteiger partial charge in [-0.3, -0.25) is 14.9 Å². The van der Waals surface area contributed by atoms with Crippen LogP contribution in [0, 0.1) is 22.0 Å².